The fourth-order valence-electron chi connectivity index (χ4n) is 5.31. The van der Waals surface area contributed by atoms with Gasteiger partial charge in [0.25, 0.3) is 0 Å². The van der Waals surface area contributed by atoms with Crippen LogP contribution >= 0.6 is 11.6 Å². The molecule has 0 radical (unpaired) electrons. The first-order chi connectivity index (χ1) is 16.2. The molecule has 0 aliphatic carbocycles. The molecule has 2 aliphatic rings. The third-order valence-electron chi connectivity index (χ3n) is 7.21. The summed E-state index contributed by atoms with van der Waals surface area (Å²) in [6.45, 7) is 6.36. The van der Waals surface area contributed by atoms with Gasteiger partial charge in [-0.3, -0.25) is 4.98 Å². The van der Waals surface area contributed by atoms with Gasteiger partial charge in [0.05, 0.1) is 16.6 Å². The summed E-state index contributed by atoms with van der Waals surface area (Å²) in [4.78, 5) is 18.2. The number of nitrogens with zero attached hydrogens (tertiary/aromatic N) is 4. The molecule has 4 heterocycles. The number of piperazine rings is 1. The molecule has 170 valence electrons. The van der Waals surface area contributed by atoms with E-state index in [1.54, 1.807) is 0 Å². The van der Waals surface area contributed by atoms with Crippen molar-refractivity contribution in [3.05, 3.63) is 53.2 Å². The minimum absolute atomic E-state index is 0.458. The summed E-state index contributed by atoms with van der Waals surface area (Å²) in [6.07, 6.45) is 4.20. The lowest BCUT2D eigenvalue weighted by molar-refractivity contribution is 0.313. The molecule has 0 bridgehead atoms. The van der Waals surface area contributed by atoms with Gasteiger partial charge in [-0.2, -0.15) is 0 Å². The van der Waals surface area contributed by atoms with Gasteiger partial charge in [-0.05, 0) is 80.9 Å². The van der Waals surface area contributed by atoms with Gasteiger partial charge in [0, 0.05) is 54.0 Å². The number of rotatable bonds is 3. The molecule has 2 aromatic carbocycles. The zero-order valence-electron chi connectivity index (χ0n) is 18.9. The van der Waals surface area contributed by atoms with Crippen LogP contribution in [0.25, 0.3) is 33.3 Å². The number of anilines is 1. The Morgan fingerprint density at radius 2 is 1.76 bits per heavy atom. The van der Waals surface area contributed by atoms with Crippen LogP contribution < -0.4 is 10.2 Å². The van der Waals surface area contributed by atoms with Gasteiger partial charge in [0.1, 0.15) is 5.82 Å². The quantitative estimate of drug-likeness (QED) is 0.466. The van der Waals surface area contributed by atoms with Gasteiger partial charge in [-0.1, -0.05) is 11.6 Å². The van der Waals surface area contributed by atoms with Crippen molar-refractivity contribution < 1.29 is 0 Å². The van der Waals surface area contributed by atoms with Crippen molar-refractivity contribution in [2.24, 2.45) is 0 Å². The maximum Gasteiger partial charge on any atom is 0.140 e. The molecule has 2 saturated heterocycles. The molecule has 2 fully saturated rings. The Labute approximate surface area is 199 Å². The Morgan fingerprint density at radius 1 is 0.970 bits per heavy atom. The zero-order chi connectivity index (χ0) is 22.4. The van der Waals surface area contributed by atoms with Crippen LogP contribution in [-0.4, -0.2) is 66.2 Å². The van der Waals surface area contributed by atoms with Crippen molar-refractivity contribution in [1.29, 1.82) is 0 Å². The standard InChI is InChI=1S/C26H29ClN6/c1-32-10-12-33(13-11-32)19-3-5-23-24(15-19)31-26(30-23)21-16-29-22-4-2-18(27)14-20(22)25(21)17-6-8-28-9-7-17/h2-5,14-17,28H,6-13H2,1H3,(H,30,31). The number of aromatic nitrogens is 3. The SMILES string of the molecule is CN1CCN(c2ccc3nc(-c4cnc5ccc(Cl)cc5c4C4CCNCC4)[nH]c3c2)CC1. The predicted octanol–water partition coefficient (Wildman–Crippen LogP) is 4.65. The highest BCUT2D eigenvalue weighted by Crippen LogP contribution is 2.39. The van der Waals surface area contributed by atoms with Crippen molar-refractivity contribution in [1.82, 2.24) is 25.2 Å². The lowest BCUT2D eigenvalue weighted by Gasteiger charge is -2.34. The van der Waals surface area contributed by atoms with Gasteiger partial charge in [0.2, 0.25) is 0 Å². The molecule has 7 heteroatoms. The molecular weight excluding hydrogens is 432 g/mol. The first kappa shape index (κ1) is 20.9. The molecule has 0 amide bonds. The molecule has 0 spiro atoms. The highest BCUT2D eigenvalue weighted by Gasteiger charge is 2.24. The van der Waals surface area contributed by atoms with Gasteiger partial charge in [-0.25, -0.2) is 4.98 Å². The molecule has 2 aliphatic heterocycles. The van der Waals surface area contributed by atoms with Crippen molar-refractivity contribution in [2.45, 2.75) is 18.8 Å². The number of H-pyrrole nitrogens is 1. The van der Waals surface area contributed by atoms with E-state index in [1.807, 2.05) is 18.3 Å². The normalized spacial score (nSPS) is 18.4. The smallest absolute Gasteiger partial charge is 0.140 e. The molecular formula is C26H29ClN6. The monoisotopic (exact) mass is 460 g/mol. The maximum absolute atomic E-state index is 6.42. The zero-order valence-corrected chi connectivity index (χ0v) is 19.7. The Kier molecular flexibility index (Phi) is 5.45. The second-order valence-electron chi connectivity index (χ2n) is 9.35. The molecule has 0 saturated carbocycles. The number of benzene rings is 2. The number of nitrogens with one attached hydrogen (secondary N) is 2. The van der Waals surface area contributed by atoms with Crippen LogP contribution in [-0.2, 0) is 0 Å². The molecule has 2 N–H and O–H groups in total. The molecule has 33 heavy (non-hydrogen) atoms. The van der Waals surface area contributed by atoms with Crippen molar-refractivity contribution >= 4 is 39.2 Å². The first-order valence-corrected chi connectivity index (χ1v) is 12.3. The third-order valence-corrected chi connectivity index (χ3v) is 7.44. The van der Waals surface area contributed by atoms with E-state index in [0.717, 1.165) is 90.5 Å². The number of hydrogen-bond donors (Lipinski definition) is 2. The van der Waals surface area contributed by atoms with Gasteiger partial charge in [-0.15, -0.1) is 0 Å². The summed E-state index contributed by atoms with van der Waals surface area (Å²) in [5.74, 6) is 1.35. The average molecular weight is 461 g/mol. The van der Waals surface area contributed by atoms with Crippen molar-refractivity contribution in [2.75, 3.05) is 51.2 Å². The molecule has 0 unspecified atom stereocenters. The Balaban J connectivity index is 1.45. The van der Waals surface area contributed by atoms with Crippen LogP contribution in [0.15, 0.2) is 42.6 Å². The Hall–Kier alpha value is -2.67. The van der Waals surface area contributed by atoms with Crippen molar-refractivity contribution in [3.63, 3.8) is 0 Å². The summed E-state index contributed by atoms with van der Waals surface area (Å²) in [7, 11) is 2.19. The number of hydrogen-bond acceptors (Lipinski definition) is 5. The van der Waals surface area contributed by atoms with E-state index >= 15 is 0 Å². The van der Waals surface area contributed by atoms with Crippen LogP contribution in [0.4, 0.5) is 5.69 Å². The van der Waals surface area contributed by atoms with Crippen LogP contribution in [0.1, 0.15) is 24.3 Å². The van der Waals surface area contributed by atoms with Crippen LogP contribution in [0, 0.1) is 0 Å². The molecule has 6 nitrogen and oxygen atoms in total. The highest BCUT2D eigenvalue weighted by molar-refractivity contribution is 6.31. The minimum atomic E-state index is 0.458. The number of imidazole rings is 1. The van der Waals surface area contributed by atoms with Crippen LogP contribution in [0.3, 0.4) is 0 Å². The molecule has 2 aromatic heterocycles. The average Bonchev–Trinajstić information content (AvgIpc) is 3.27. The predicted molar refractivity (Wildman–Crippen MR) is 136 cm³/mol. The lowest BCUT2D eigenvalue weighted by atomic mass is 9.85. The van der Waals surface area contributed by atoms with E-state index in [0.29, 0.717) is 5.92 Å². The van der Waals surface area contributed by atoms with E-state index in [1.165, 1.54) is 11.3 Å². The van der Waals surface area contributed by atoms with E-state index < -0.39 is 0 Å². The number of piperidine rings is 1. The minimum Gasteiger partial charge on any atom is -0.369 e. The second-order valence-corrected chi connectivity index (χ2v) is 9.78. The number of pyridine rings is 1. The fourth-order valence-corrected chi connectivity index (χ4v) is 5.48. The third kappa shape index (κ3) is 3.97. The maximum atomic E-state index is 6.42. The van der Waals surface area contributed by atoms with Gasteiger partial charge < -0.3 is 20.1 Å². The topological polar surface area (TPSA) is 60.1 Å². The fraction of sp³-hybridized carbons (Fsp3) is 0.385. The van der Waals surface area contributed by atoms with Gasteiger partial charge in [0.15, 0.2) is 0 Å². The van der Waals surface area contributed by atoms with Crippen LogP contribution in [0.5, 0.6) is 0 Å². The number of fused-ring (bicyclic) bond motifs is 2. The summed E-state index contributed by atoms with van der Waals surface area (Å²) in [6, 6.07) is 12.6. The molecule has 6 rings (SSSR count). The number of aromatic amines is 1. The Bertz CT molecular complexity index is 1300. The lowest BCUT2D eigenvalue weighted by Crippen LogP contribution is -2.44. The second kappa shape index (κ2) is 8.60. The molecule has 0 atom stereocenters. The van der Waals surface area contributed by atoms with E-state index in [9.17, 15) is 0 Å². The van der Waals surface area contributed by atoms with E-state index in [2.05, 4.69) is 51.4 Å². The summed E-state index contributed by atoms with van der Waals surface area (Å²) < 4.78 is 0. The largest absolute Gasteiger partial charge is 0.369 e. The molecule has 4 aromatic rings. The van der Waals surface area contributed by atoms with Crippen molar-refractivity contribution in [3.8, 4) is 11.4 Å². The van der Waals surface area contributed by atoms with Gasteiger partial charge >= 0.3 is 0 Å². The first-order valence-electron chi connectivity index (χ1n) is 11.9. The summed E-state index contributed by atoms with van der Waals surface area (Å²) in [5, 5.41) is 5.38. The van der Waals surface area contributed by atoms with Crippen LogP contribution in [0.2, 0.25) is 5.02 Å². The summed E-state index contributed by atoms with van der Waals surface area (Å²) >= 11 is 6.42. The highest BCUT2D eigenvalue weighted by atomic mass is 35.5. The van der Waals surface area contributed by atoms with E-state index in [-0.39, 0.29) is 0 Å². The van der Waals surface area contributed by atoms with E-state index in [4.69, 9.17) is 21.6 Å². The summed E-state index contributed by atoms with van der Waals surface area (Å²) in [5.41, 5.74) is 6.73. The Morgan fingerprint density at radius 3 is 2.58 bits per heavy atom. The number of halogens is 1. The number of likely N-dealkylation sites (N-methyl/N-ethyl adjacent to an activating group) is 1.